The summed E-state index contributed by atoms with van der Waals surface area (Å²) in [7, 11) is 0. The molecule has 2 heteroatoms. The normalized spacial score (nSPS) is 12.1. The van der Waals surface area contributed by atoms with Gasteiger partial charge in [-0.3, -0.25) is 0 Å². The van der Waals surface area contributed by atoms with Crippen molar-refractivity contribution in [3.63, 3.8) is 0 Å². The second-order valence-electron chi connectivity index (χ2n) is 14.4. The molecule has 0 nitrogen and oxygen atoms in total. The van der Waals surface area contributed by atoms with Crippen LogP contribution in [-0.4, -0.2) is 0 Å². The van der Waals surface area contributed by atoms with Crippen LogP contribution in [0.2, 0.25) is 0 Å². The number of rotatable bonds is 3. The molecule has 0 aliphatic rings. The zero-order chi connectivity index (χ0) is 35.3. The molecule has 12 aromatic rings. The Morgan fingerprint density at radius 2 is 0.759 bits per heavy atom. The number of thiophene rings is 2. The van der Waals surface area contributed by atoms with E-state index in [4.69, 9.17) is 0 Å². The second-order valence-corrected chi connectivity index (χ2v) is 16.5. The third-order valence-corrected chi connectivity index (χ3v) is 13.7. The number of benzene rings is 10. The molecule has 250 valence electrons. The van der Waals surface area contributed by atoms with Gasteiger partial charge in [0, 0.05) is 40.3 Å². The number of hydrogen-bond donors (Lipinski definition) is 0. The number of hydrogen-bond acceptors (Lipinski definition) is 2. The van der Waals surface area contributed by atoms with Gasteiger partial charge in [-0.25, -0.2) is 0 Å². The van der Waals surface area contributed by atoms with Crippen molar-refractivity contribution in [2.75, 3.05) is 0 Å². The van der Waals surface area contributed by atoms with Gasteiger partial charge >= 0.3 is 0 Å². The lowest BCUT2D eigenvalue weighted by molar-refractivity contribution is 1.66. The van der Waals surface area contributed by atoms with E-state index < -0.39 is 0 Å². The van der Waals surface area contributed by atoms with Crippen LogP contribution < -0.4 is 0 Å². The summed E-state index contributed by atoms with van der Waals surface area (Å²) >= 11 is 3.83. The first-order valence-corrected chi connectivity index (χ1v) is 20.1. The monoisotopic (exact) mass is 718 g/mol. The first-order chi connectivity index (χ1) is 26.8. The van der Waals surface area contributed by atoms with Gasteiger partial charge in [0.2, 0.25) is 0 Å². The summed E-state index contributed by atoms with van der Waals surface area (Å²) in [6.45, 7) is 0. The summed E-state index contributed by atoms with van der Waals surface area (Å²) in [4.78, 5) is 0. The second kappa shape index (κ2) is 11.6. The summed E-state index contributed by atoms with van der Waals surface area (Å²) in [5.41, 5.74) is 7.59. The van der Waals surface area contributed by atoms with Crippen molar-refractivity contribution in [3.8, 4) is 33.4 Å². The lowest BCUT2D eigenvalue weighted by atomic mass is 9.85. The van der Waals surface area contributed by atoms with Crippen LogP contribution in [0.15, 0.2) is 182 Å². The largest absolute Gasteiger partial charge is 0.135 e. The summed E-state index contributed by atoms with van der Waals surface area (Å²) in [6.07, 6.45) is 0. The molecule has 12 rings (SSSR count). The molecule has 0 saturated carbocycles. The molecular weight excluding hydrogens is 689 g/mol. The molecule has 0 aliphatic heterocycles. The van der Waals surface area contributed by atoms with E-state index >= 15 is 0 Å². The minimum atomic E-state index is 1.24. The Morgan fingerprint density at radius 1 is 0.259 bits per heavy atom. The molecule has 0 fully saturated rings. The first kappa shape index (κ1) is 30.2. The van der Waals surface area contributed by atoms with Crippen molar-refractivity contribution in [2.24, 2.45) is 0 Å². The van der Waals surface area contributed by atoms with Gasteiger partial charge in [-0.1, -0.05) is 152 Å². The maximum absolute atomic E-state index is 2.40. The summed E-state index contributed by atoms with van der Waals surface area (Å²) in [5, 5.41) is 15.8. The molecule has 10 aromatic carbocycles. The summed E-state index contributed by atoms with van der Waals surface area (Å²) in [6, 6.07) is 67.7. The van der Waals surface area contributed by atoms with E-state index in [2.05, 4.69) is 182 Å². The molecule has 0 aliphatic carbocycles. The van der Waals surface area contributed by atoms with Crippen LogP contribution in [0.3, 0.4) is 0 Å². The van der Waals surface area contributed by atoms with Crippen LogP contribution in [0.1, 0.15) is 0 Å². The van der Waals surface area contributed by atoms with Crippen molar-refractivity contribution < 1.29 is 0 Å². The molecule has 0 unspecified atom stereocenters. The van der Waals surface area contributed by atoms with Gasteiger partial charge in [0.05, 0.1) is 0 Å². The average Bonchev–Trinajstić information content (AvgIpc) is 3.81. The van der Waals surface area contributed by atoms with Crippen molar-refractivity contribution in [2.45, 2.75) is 0 Å². The van der Waals surface area contributed by atoms with E-state index in [1.807, 2.05) is 22.7 Å². The molecular formula is C52H30S2. The van der Waals surface area contributed by atoms with E-state index in [1.165, 1.54) is 117 Å². The Labute approximate surface area is 319 Å². The van der Waals surface area contributed by atoms with Gasteiger partial charge in [-0.05, 0) is 107 Å². The zero-order valence-corrected chi connectivity index (χ0v) is 30.8. The zero-order valence-electron chi connectivity index (χ0n) is 29.1. The van der Waals surface area contributed by atoms with E-state index in [-0.39, 0.29) is 0 Å². The van der Waals surface area contributed by atoms with Crippen LogP contribution in [0, 0.1) is 0 Å². The van der Waals surface area contributed by atoms with Gasteiger partial charge in [0.1, 0.15) is 0 Å². The summed E-state index contributed by atoms with van der Waals surface area (Å²) in [5.74, 6) is 0. The highest BCUT2D eigenvalue weighted by atomic mass is 32.1. The predicted molar refractivity (Wildman–Crippen MR) is 239 cm³/mol. The molecule has 0 saturated heterocycles. The molecule has 54 heavy (non-hydrogen) atoms. The Kier molecular flexibility index (Phi) is 6.48. The smallest absolute Gasteiger partial charge is 0.0434 e. The van der Waals surface area contributed by atoms with Crippen molar-refractivity contribution in [1.82, 2.24) is 0 Å². The topological polar surface area (TPSA) is 0 Å². The lowest BCUT2D eigenvalue weighted by Crippen LogP contribution is -1.90. The quantitative estimate of drug-likeness (QED) is 0.160. The molecule has 0 N–H and O–H groups in total. The van der Waals surface area contributed by atoms with Gasteiger partial charge in [0.15, 0.2) is 0 Å². The molecule has 0 amide bonds. The van der Waals surface area contributed by atoms with E-state index in [0.29, 0.717) is 0 Å². The van der Waals surface area contributed by atoms with Crippen LogP contribution in [0.4, 0.5) is 0 Å². The standard InChI is InChI=1S/C52H30S2/c1-2-11-32(12-3-1)48-39-14-6-8-16-41(39)49(42-17-9-7-15-40(42)48)37-21-20-33-28-34(18-19-35(33)29-37)36-23-24-43-47(30-36)53-45-26-27-46-51(50(43)45)44-25-22-31-10-4-5-13-38(31)52(44)54-46/h1-30H. The highest BCUT2D eigenvalue weighted by Crippen LogP contribution is 2.48. The van der Waals surface area contributed by atoms with Crippen molar-refractivity contribution in [1.29, 1.82) is 0 Å². The molecule has 0 bridgehead atoms. The number of fused-ring (bicyclic) bond motifs is 12. The maximum atomic E-state index is 2.40. The Hall–Kier alpha value is -6.32. The highest BCUT2D eigenvalue weighted by Gasteiger charge is 2.18. The van der Waals surface area contributed by atoms with E-state index in [9.17, 15) is 0 Å². The SMILES string of the molecule is c1ccc(-c2c3ccccc3c(-c3ccc4cc(-c5ccc6c(c5)sc5ccc7sc8c9ccccc9ccc8c7c56)ccc4c3)c3ccccc23)cc1. The lowest BCUT2D eigenvalue weighted by Gasteiger charge is -2.18. The fourth-order valence-electron chi connectivity index (χ4n) is 8.98. The van der Waals surface area contributed by atoms with Crippen LogP contribution >= 0.6 is 22.7 Å². The van der Waals surface area contributed by atoms with Crippen molar-refractivity contribution in [3.05, 3.63) is 182 Å². The fourth-order valence-corrected chi connectivity index (χ4v) is 11.4. The third-order valence-electron chi connectivity index (χ3n) is 11.4. The maximum Gasteiger partial charge on any atom is 0.0434 e. The molecule has 2 aromatic heterocycles. The van der Waals surface area contributed by atoms with Crippen LogP contribution in [0.25, 0.3) is 117 Å². The predicted octanol–water partition coefficient (Wildman–Crippen LogP) is 16.0. The molecule has 0 atom stereocenters. The average molecular weight is 719 g/mol. The third kappa shape index (κ3) is 4.42. The Balaban J connectivity index is 0.982. The minimum Gasteiger partial charge on any atom is -0.135 e. The van der Waals surface area contributed by atoms with Crippen LogP contribution in [-0.2, 0) is 0 Å². The minimum absolute atomic E-state index is 1.24. The molecule has 2 heterocycles. The molecule has 0 radical (unpaired) electrons. The Bertz CT molecular complexity index is 3430. The Morgan fingerprint density at radius 3 is 1.48 bits per heavy atom. The van der Waals surface area contributed by atoms with Gasteiger partial charge < -0.3 is 0 Å². The van der Waals surface area contributed by atoms with Gasteiger partial charge in [-0.15, -0.1) is 22.7 Å². The van der Waals surface area contributed by atoms with E-state index in [1.54, 1.807) is 0 Å². The molecule has 0 spiro atoms. The van der Waals surface area contributed by atoms with Gasteiger partial charge in [0.25, 0.3) is 0 Å². The highest BCUT2D eigenvalue weighted by molar-refractivity contribution is 7.28. The van der Waals surface area contributed by atoms with E-state index in [0.717, 1.165) is 0 Å². The first-order valence-electron chi connectivity index (χ1n) is 18.5. The summed E-state index contributed by atoms with van der Waals surface area (Å²) < 4.78 is 5.44. The van der Waals surface area contributed by atoms with Gasteiger partial charge in [-0.2, -0.15) is 0 Å². The van der Waals surface area contributed by atoms with Crippen LogP contribution in [0.5, 0.6) is 0 Å². The van der Waals surface area contributed by atoms with Crippen molar-refractivity contribution >= 4 is 106 Å². The fraction of sp³-hybridized carbons (Fsp3) is 0.